The largest absolute Gasteiger partial charge is 0.387 e. The predicted octanol–water partition coefficient (Wildman–Crippen LogP) is 1.43. The Morgan fingerprint density at radius 3 is 2.79 bits per heavy atom. The number of halogens is 1. The maximum absolute atomic E-state index is 11.1. The molecule has 1 saturated carbocycles. The van der Waals surface area contributed by atoms with E-state index in [-0.39, 0.29) is 11.9 Å². The summed E-state index contributed by atoms with van der Waals surface area (Å²) in [5, 5.41) is 24.8. The molecule has 0 amide bonds. The SMILES string of the molecule is CP(=O)(O)OOC[C@H]1O[C@@H](n2ccc3c(NC4CCC4)nc(Cl)nc32)[C@H](O)[C@@H]1O. The van der Waals surface area contributed by atoms with Gasteiger partial charge in [-0.2, -0.15) is 4.98 Å². The molecule has 2 aliphatic rings. The highest BCUT2D eigenvalue weighted by Gasteiger charge is 2.44. The highest BCUT2D eigenvalue weighted by atomic mass is 35.5. The van der Waals surface area contributed by atoms with E-state index >= 15 is 0 Å². The van der Waals surface area contributed by atoms with Crippen LogP contribution in [-0.4, -0.2) is 67.3 Å². The van der Waals surface area contributed by atoms with Gasteiger partial charge in [-0.05, 0) is 36.9 Å². The van der Waals surface area contributed by atoms with Gasteiger partial charge in [0.25, 0.3) is 0 Å². The summed E-state index contributed by atoms with van der Waals surface area (Å²) < 4.78 is 22.7. The minimum Gasteiger partial charge on any atom is -0.387 e. The summed E-state index contributed by atoms with van der Waals surface area (Å²) in [6, 6.07) is 2.12. The van der Waals surface area contributed by atoms with Crippen molar-refractivity contribution in [2.75, 3.05) is 18.6 Å². The zero-order valence-electron chi connectivity index (χ0n) is 15.5. The molecule has 2 aromatic heterocycles. The smallest absolute Gasteiger partial charge is 0.352 e. The summed E-state index contributed by atoms with van der Waals surface area (Å²) in [4.78, 5) is 22.3. The number of nitrogens with zero attached hydrogens (tertiary/aromatic N) is 3. The summed E-state index contributed by atoms with van der Waals surface area (Å²) in [5.74, 6) is 0.603. The number of nitrogens with one attached hydrogen (secondary N) is 1. The maximum atomic E-state index is 11.1. The maximum Gasteiger partial charge on any atom is 0.352 e. The van der Waals surface area contributed by atoms with Gasteiger partial charge in [-0.15, -0.1) is 4.67 Å². The normalized spacial score (nSPS) is 29.7. The molecule has 0 aromatic carbocycles. The van der Waals surface area contributed by atoms with Crippen LogP contribution in [0.4, 0.5) is 5.82 Å². The fourth-order valence-corrected chi connectivity index (χ4v) is 3.78. The van der Waals surface area contributed by atoms with Gasteiger partial charge in [0.15, 0.2) is 6.23 Å². The highest BCUT2D eigenvalue weighted by molar-refractivity contribution is 7.51. The molecular formula is C16H22ClN4O7P. The second-order valence-corrected chi connectivity index (χ2v) is 9.38. The van der Waals surface area contributed by atoms with Gasteiger partial charge in [-0.1, -0.05) is 0 Å². The quantitative estimate of drug-likeness (QED) is 0.212. The van der Waals surface area contributed by atoms with E-state index in [4.69, 9.17) is 21.2 Å². The molecule has 160 valence electrons. The van der Waals surface area contributed by atoms with Crippen LogP contribution >= 0.6 is 19.2 Å². The van der Waals surface area contributed by atoms with Crippen molar-refractivity contribution in [1.29, 1.82) is 0 Å². The molecule has 2 fully saturated rings. The minimum absolute atomic E-state index is 0.0437. The first-order valence-corrected chi connectivity index (χ1v) is 11.6. The Morgan fingerprint density at radius 2 is 2.14 bits per heavy atom. The van der Waals surface area contributed by atoms with E-state index in [1.807, 2.05) is 0 Å². The molecular weight excluding hydrogens is 427 g/mol. The van der Waals surface area contributed by atoms with Crippen molar-refractivity contribution in [1.82, 2.24) is 14.5 Å². The second-order valence-electron chi connectivity index (χ2n) is 7.28. The molecule has 29 heavy (non-hydrogen) atoms. The van der Waals surface area contributed by atoms with Crippen molar-refractivity contribution >= 4 is 36.0 Å². The molecule has 5 atom stereocenters. The van der Waals surface area contributed by atoms with Gasteiger partial charge in [0.05, 0.1) is 5.39 Å². The van der Waals surface area contributed by atoms with Gasteiger partial charge in [0.1, 0.15) is 36.4 Å². The molecule has 13 heteroatoms. The Balaban J connectivity index is 1.55. The molecule has 4 rings (SSSR count). The number of rotatable bonds is 7. The average molecular weight is 449 g/mol. The molecule has 1 aliphatic heterocycles. The number of fused-ring (bicyclic) bond motifs is 1. The number of aliphatic hydroxyl groups excluding tert-OH is 2. The average Bonchev–Trinajstić information content (AvgIpc) is 3.13. The van der Waals surface area contributed by atoms with Crippen molar-refractivity contribution in [2.24, 2.45) is 0 Å². The Morgan fingerprint density at radius 1 is 1.38 bits per heavy atom. The van der Waals surface area contributed by atoms with Gasteiger partial charge < -0.3 is 29.7 Å². The van der Waals surface area contributed by atoms with E-state index in [1.165, 1.54) is 0 Å². The third-order valence-corrected chi connectivity index (χ3v) is 5.58. The van der Waals surface area contributed by atoms with E-state index in [0.29, 0.717) is 22.9 Å². The van der Waals surface area contributed by atoms with Crippen LogP contribution in [0.15, 0.2) is 12.3 Å². The van der Waals surface area contributed by atoms with Crippen LogP contribution in [0.2, 0.25) is 5.28 Å². The fraction of sp³-hybridized carbons (Fsp3) is 0.625. The third kappa shape index (κ3) is 4.42. The van der Waals surface area contributed by atoms with Gasteiger partial charge in [0.2, 0.25) is 5.28 Å². The van der Waals surface area contributed by atoms with Gasteiger partial charge in [-0.25, -0.2) is 9.87 Å². The van der Waals surface area contributed by atoms with E-state index in [0.717, 1.165) is 25.9 Å². The van der Waals surface area contributed by atoms with Crippen LogP contribution in [0.1, 0.15) is 25.5 Å². The number of hydrogen-bond donors (Lipinski definition) is 4. The van der Waals surface area contributed by atoms with E-state index < -0.39 is 32.1 Å². The van der Waals surface area contributed by atoms with Crippen molar-refractivity contribution in [2.45, 2.75) is 49.8 Å². The van der Waals surface area contributed by atoms with E-state index in [2.05, 4.69) is 24.8 Å². The fourth-order valence-electron chi connectivity index (χ4n) is 3.36. The Bertz CT molecular complexity index is 933. The van der Waals surface area contributed by atoms with Crippen LogP contribution in [0.5, 0.6) is 0 Å². The summed E-state index contributed by atoms with van der Waals surface area (Å²) >= 11 is 6.09. The third-order valence-electron chi connectivity index (χ3n) is 5.03. The Labute approximate surface area is 171 Å². The van der Waals surface area contributed by atoms with Crippen molar-refractivity contribution in [3.8, 4) is 0 Å². The van der Waals surface area contributed by atoms with Gasteiger partial charge in [0, 0.05) is 18.9 Å². The number of aromatic nitrogens is 3. The lowest BCUT2D eigenvalue weighted by atomic mass is 9.93. The summed E-state index contributed by atoms with van der Waals surface area (Å²) in [5.41, 5.74) is 0.439. The highest BCUT2D eigenvalue weighted by Crippen LogP contribution is 2.38. The molecule has 1 saturated heterocycles. The molecule has 0 bridgehead atoms. The molecule has 4 N–H and O–H groups in total. The van der Waals surface area contributed by atoms with Crippen LogP contribution in [0.3, 0.4) is 0 Å². The zero-order valence-corrected chi connectivity index (χ0v) is 17.2. The Hall–Kier alpha value is -1.30. The number of ether oxygens (including phenoxy) is 1. The summed E-state index contributed by atoms with van der Waals surface area (Å²) in [7, 11) is -3.84. The molecule has 2 aromatic rings. The van der Waals surface area contributed by atoms with Crippen LogP contribution in [0.25, 0.3) is 11.0 Å². The molecule has 11 nitrogen and oxygen atoms in total. The Kier molecular flexibility index (Phi) is 5.84. The lowest BCUT2D eigenvalue weighted by Gasteiger charge is -2.27. The van der Waals surface area contributed by atoms with Gasteiger partial charge in [-0.3, -0.25) is 4.57 Å². The first-order chi connectivity index (χ1) is 13.7. The zero-order chi connectivity index (χ0) is 20.8. The summed E-state index contributed by atoms with van der Waals surface area (Å²) in [6.07, 6.45) is 0.392. The minimum atomic E-state index is -3.84. The molecule has 0 spiro atoms. The lowest BCUT2D eigenvalue weighted by Crippen LogP contribution is -2.33. The standard InChI is InChI=1S/C16H22ClN4O7P/c1-29(24,25)28-26-7-10-11(22)12(23)15(27-10)21-6-5-9-13(18-8-3-2-4-8)19-16(17)20-14(9)21/h5-6,8,10-12,15,22-23H,2-4,7H2,1H3,(H,24,25)(H,18,19,20)/t10-,11-,12-,15-/m1/s1. The number of anilines is 1. The molecule has 1 aliphatic carbocycles. The predicted molar refractivity (Wildman–Crippen MR) is 103 cm³/mol. The lowest BCUT2D eigenvalue weighted by molar-refractivity contribution is -0.238. The topological polar surface area (TPSA) is 148 Å². The number of aliphatic hydroxyl groups is 2. The van der Waals surface area contributed by atoms with Crippen molar-refractivity contribution in [3.05, 3.63) is 17.5 Å². The van der Waals surface area contributed by atoms with Gasteiger partial charge >= 0.3 is 7.60 Å². The molecule has 3 heterocycles. The van der Waals surface area contributed by atoms with Crippen LogP contribution < -0.4 is 5.32 Å². The first kappa shape index (κ1) is 21.0. The second kappa shape index (κ2) is 8.09. The van der Waals surface area contributed by atoms with Crippen molar-refractivity contribution in [3.63, 3.8) is 0 Å². The first-order valence-electron chi connectivity index (χ1n) is 9.16. The molecule has 1 unspecified atom stereocenters. The summed E-state index contributed by atoms with van der Waals surface area (Å²) in [6.45, 7) is 0.609. The monoisotopic (exact) mass is 448 g/mol. The van der Waals surface area contributed by atoms with E-state index in [9.17, 15) is 14.8 Å². The van der Waals surface area contributed by atoms with Crippen LogP contribution in [0, 0.1) is 0 Å². The number of hydrogen-bond acceptors (Lipinski definition) is 9. The van der Waals surface area contributed by atoms with Crippen LogP contribution in [-0.2, 0) is 18.9 Å². The van der Waals surface area contributed by atoms with E-state index in [1.54, 1.807) is 16.8 Å². The molecule has 0 radical (unpaired) electrons. The van der Waals surface area contributed by atoms with Crippen molar-refractivity contribution < 1.29 is 34.0 Å².